The molecule has 1 saturated heterocycles. The molecule has 2 aromatic carbocycles. The van der Waals surface area contributed by atoms with Gasteiger partial charge >= 0.3 is 0 Å². The minimum absolute atomic E-state index is 0.0544. The predicted molar refractivity (Wildman–Crippen MR) is 124 cm³/mol. The highest BCUT2D eigenvalue weighted by molar-refractivity contribution is 7.22. The van der Waals surface area contributed by atoms with Crippen LogP contribution in [-0.2, 0) is 0 Å². The van der Waals surface area contributed by atoms with Gasteiger partial charge in [0.05, 0.1) is 21.8 Å². The van der Waals surface area contributed by atoms with Gasteiger partial charge in [0.15, 0.2) is 5.13 Å². The number of ether oxygens (including phenoxy) is 1. The number of aromatic nitrogens is 1. The second-order valence-corrected chi connectivity index (χ2v) is 8.93. The van der Waals surface area contributed by atoms with E-state index in [4.69, 9.17) is 21.3 Å². The van der Waals surface area contributed by atoms with Crippen molar-refractivity contribution in [2.75, 3.05) is 37.7 Å². The number of benzene rings is 2. The van der Waals surface area contributed by atoms with Gasteiger partial charge in [0.2, 0.25) is 0 Å². The summed E-state index contributed by atoms with van der Waals surface area (Å²) < 4.78 is 6.78. The third kappa shape index (κ3) is 4.40. The maximum absolute atomic E-state index is 13.0. The molecule has 0 spiro atoms. The lowest BCUT2D eigenvalue weighted by atomic mass is 10.1. The number of unbranched alkanes of at least 4 members (excludes halogenated alkanes) is 1. The SMILES string of the molecule is CCCCOc1cccc(C(=O)N2CCN(c3nc4c(C)ccc(Cl)c4s3)CC2)c1. The molecular formula is C23H26ClN3O2S. The Morgan fingerprint density at radius 2 is 2.00 bits per heavy atom. The monoisotopic (exact) mass is 443 g/mol. The number of halogens is 1. The first kappa shape index (κ1) is 20.9. The fraction of sp³-hybridized carbons (Fsp3) is 0.391. The molecule has 1 aliphatic heterocycles. The molecule has 5 nitrogen and oxygen atoms in total. The lowest BCUT2D eigenvalue weighted by Gasteiger charge is -2.34. The molecule has 30 heavy (non-hydrogen) atoms. The molecule has 0 bridgehead atoms. The van der Waals surface area contributed by atoms with Crippen molar-refractivity contribution in [2.24, 2.45) is 0 Å². The molecule has 1 fully saturated rings. The molecule has 0 unspecified atom stereocenters. The molecule has 7 heteroatoms. The highest BCUT2D eigenvalue weighted by Crippen LogP contribution is 2.35. The number of hydrogen-bond donors (Lipinski definition) is 0. The summed E-state index contributed by atoms with van der Waals surface area (Å²) in [6.45, 7) is 7.72. The molecule has 0 aliphatic carbocycles. The summed E-state index contributed by atoms with van der Waals surface area (Å²) in [5.41, 5.74) is 2.78. The summed E-state index contributed by atoms with van der Waals surface area (Å²) in [4.78, 5) is 21.9. The molecule has 0 saturated carbocycles. The Morgan fingerprint density at radius 3 is 2.73 bits per heavy atom. The van der Waals surface area contributed by atoms with Crippen LogP contribution in [0.2, 0.25) is 5.02 Å². The Balaban J connectivity index is 1.41. The average Bonchev–Trinajstić information content (AvgIpc) is 3.23. The van der Waals surface area contributed by atoms with Crippen LogP contribution in [-0.4, -0.2) is 48.6 Å². The van der Waals surface area contributed by atoms with E-state index in [1.807, 2.05) is 41.3 Å². The summed E-state index contributed by atoms with van der Waals surface area (Å²) in [6.07, 6.45) is 2.10. The Kier molecular flexibility index (Phi) is 6.44. The van der Waals surface area contributed by atoms with Gasteiger partial charge < -0.3 is 14.5 Å². The number of piperazine rings is 1. The van der Waals surface area contributed by atoms with E-state index in [9.17, 15) is 4.79 Å². The van der Waals surface area contributed by atoms with E-state index in [1.165, 1.54) is 0 Å². The van der Waals surface area contributed by atoms with E-state index in [1.54, 1.807) is 11.3 Å². The Hall–Kier alpha value is -2.31. The van der Waals surface area contributed by atoms with E-state index >= 15 is 0 Å². The molecule has 1 aliphatic rings. The van der Waals surface area contributed by atoms with Gasteiger partial charge in [-0.25, -0.2) is 4.98 Å². The first-order valence-electron chi connectivity index (χ1n) is 10.4. The van der Waals surface area contributed by atoms with Gasteiger partial charge in [0.25, 0.3) is 5.91 Å². The summed E-state index contributed by atoms with van der Waals surface area (Å²) in [6, 6.07) is 11.4. The largest absolute Gasteiger partial charge is 0.494 e. The average molecular weight is 444 g/mol. The van der Waals surface area contributed by atoms with Gasteiger partial charge in [-0.2, -0.15) is 0 Å². The number of nitrogens with zero attached hydrogens (tertiary/aromatic N) is 3. The van der Waals surface area contributed by atoms with Crippen LogP contribution in [0.25, 0.3) is 10.2 Å². The molecule has 1 amide bonds. The van der Waals surface area contributed by atoms with Crippen molar-refractivity contribution in [1.29, 1.82) is 0 Å². The van der Waals surface area contributed by atoms with Crippen LogP contribution in [0, 0.1) is 6.92 Å². The van der Waals surface area contributed by atoms with Crippen LogP contribution in [0.15, 0.2) is 36.4 Å². The molecule has 0 atom stereocenters. The minimum atomic E-state index is 0.0544. The normalized spacial score (nSPS) is 14.4. The second-order valence-electron chi connectivity index (χ2n) is 7.55. The number of carbonyl (C=O) groups excluding carboxylic acids is 1. The molecule has 1 aromatic heterocycles. The number of hydrogen-bond acceptors (Lipinski definition) is 5. The number of anilines is 1. The Bertz CT molecular complexity index is 1010. The molecule has 3 aromatic rings. The van der Waals surface area contributed by atoms with Gasteiger partial charge in [-0.15, -0.1) is 0 Å². The first-order valence-corrected chi connectivity index (χ1v) is 11.6. The fourth-order valence-corrected chi connectivity index (χ4v) is 4.93. The number of amides is 1. The minimum Gasteiger partial charge on any atom is -0.494 e. The van der Waals surface area contributed by atoms with Gasteiger partial charge in [-0.3, -0.25) is 4.79 Å². The molecule has 2 heterocycles. The quantitative estimate of drug-likeness (QED) is 0.478. The van der Waals surface area contributed by atoms with Crippen molar-refractivity contribution < 1.29 is 9.53 Å². The smallest absolute Gasteiger partial charge is 0.254 e. The van der Waals surface area contributed by atoms with Crippen molar-refractivity contribution >= 4 is 44.2 Å². The molecule has 0 radical (unpaired) electrons. The summed E-state index contributed by atoms with van der Waals surface area (Å²) in [5.74, 6) is 0.813. The van der Waals surface area contributed by atoms with Gasteiger partial charge in [-0.05, 0) is 43.2 Å². The number of aryl methyl sites for hydroxylation is 1. The van der Waals surface area contributed by atoms with Crippen molar-refractivity contribution in [3.8, 4) is 5.75 Å². The van der Waals surface area contributed by atoms with Crippen LogP contribution < -0.4 is 9.64 Å². The summed E-state index contributed by atoms with van der Waals surface area (Å²) in [5, 5.41) is 1.72. The van der Waals surface area contributed by atoms with Crippen LogP contribution in [0.1, 0.15) is 35.7 Å². The van der Waals surface area contributed by atoms with E-state index in [2.05, 4.69) is 18.7 Å². The first-order chi connectivity index (χ1) is 14.6. The maximum atomic E-state index is 13.0. The molecule has 0 N–H and O–H groups in total. The molecule has 4 rings (SSSR count). The van der Waals surface area contributed by atoms with Crippen LogP contribution in [0.3, 0.4) is 0 Å². The maximum Gasteiger partial charge on any atom is 0.254 e. The van der Waals surface area contributed by atoms with Crippen molar-refractivity contribution in [3.05, 3.63) is 52.5 Å². The van der Waals surface area contributed by atoms with E-state index in [0.717, 1.165) is 57.6 Å². The Labute approximate surface area is 186 Å². The van der Waals surface area contributed by atoms with E-state index < -0.39 is 0 Å². The number of carbonyl (C=O) groups is 1. The fourth-order valence-electron chi connectivity index (χ4n) is 3.56. The second kappa shape index (κ2) is 9.23. The van der Waals surface area contributed by atoms with E-state index in [-0.39, 0.29) is 5.91 Å². The summed E-state index contributed by atoms with van der Waals surface area (Å²) in [7, 11) is 0. The van der Waals surface area contributed by atoms with Crippen LogP contribution >= 0.6 is 22.9 Å². The number of thiazole rings is 1. The van der Waals surface area contributed by atoms with Crippen molar-refractivity contribution in [2.45, 2.75) is 26.7 Å². The van der Waals surface area contributed by atoms with Crippen LogP contribution in [0.4, 0.5) is 5.13 Å². The highest BCUT2D eigenvalue weighted by atomic mass is 35.5. The third-order valence-corrected chi connectivity index (χ3v) is 6.95. The zero-order valence-corrected chi connectivity index (χ0v) is 18.9. The van der Waals surface area contributed by atoms with Crippen LogP contribution in [0.5, 0.6) is 5.75 Å². The van der Waals surface area contributed by atoms with Gasteiger partial charge in [0, 0.05) is 31.7 Å². The standard InChI is InChI=1S/C23H26ClN3O2S/c1-3-4-14-29-18-7-5-6-17(15-18)22(28)26-10-12-27(13-11-26)23-25-20-16(2)8-9-19(24)21(20)30-23/h5-9,15H,3-4,10-14H2,1-2H3. The Morgan fingerprint density at radius 1 is 1.20 bits per heavy atom. The van der Waals surface area contributed by atoms with Crippen molar-refractivity contribution in [3.63, 3.8) is 0 Å². The van der Waals surface area contributed by atoms with Gasteiger partial charge in [-0.1, -0.05) is 48.4 Å². The van der Waals surface area contributed by atoms with Crippen molar-refractivity contribution in [1.82, 2.24) is 9.88 Å². The summed E-state index contributed by atoms with van der Waals surface area (Å²) >= 11 is 7.98. The highest BCUT2D eigenvalue weighted by Gasteiger charge is 2.24. The third-order valence-electron chi connectivity index (χ3n) is 5.37. The molecular weight excluding hydrogens is 418 g/mol. The lowest BCUT2D eigenvalue weighted by molar-refractivity contribution is 0.0746. The molecule has 158 valence electrons. The lowest BCUT2D eigenvalue weighted by Crippen LogP contribution is -2.48. The number of rotatable bonds is 6. The van der Waals surface area contributed by atoms with Gasteiger partial charge in [0.1, 0.15) is 5.75 Å². The zero-order chi connectivity index (χ0) is 21.1. The topological polar surface area (TPSA) is 45.7 Å². The van der Waals surface area contributed by atoms with E-state index in [0.29, 0.717) is 25.3 Å². The zero-order valence-electron chi connectivity index (χ0n) is 17.4. The number of fused-ring (bicyclic) bond motifs is 1. The predicted octanol–water partition coefficient (Wildman–Crippen LogP) is 5.40.